The summed E-state index contributed by atoms with van der Waals surface area (Å²) in [7, 11) is 3.41. The number of methoxy groups -OCH3 is 1. The number of ether oxygens (including phenoxy) is 1. The summed E-state index contributed by atoms with van der Waals surface area (Å²) < 4.78 is 4.83. The zero-order valence-corrected chi connectivity index (χ0v) is 23.1. The van der Waals surface area contributed by atoms with Gasteiger partial charge in [0.25, 0.3) is 0 Å². The highest BCUT2D eigenvalue weighted by Crippen LogP contribution is 2.32. The van der Waals surface area contributed by atoms with Crippen LogP contribution in [0.25, 0.3) is 11.3 Å². The summed E-state index contributed by atoms with van der Waals surface area (Å²) in [6, 6.07) is 22.5. The molecule has 0 saturated carbocycles. The van der Waals surface area contributed by atoms with Crippen molar-refractivity contribution in [2.24, 2.45) is 0 Å². The van der Waals surface area contributed by atoms with Gasteiger partial charge in [0, 0.05) is 54.5 Å². The van der Waals surface area contributed by atoms with E-state index in [0.29, 0.717) is 24.2 Å². The smallest absolute Gasteiger partial charge is 0.337 e. The molecule has 1 aliphatic rings. The van der Waals surface area contributed by atoms with Gasteiger partial charge in [0.05, 0.1) is 19.2 Å². The van der Waals surface area contributed by atoms with Gasteiger partial charge in [0.2, 0.25) is 12.3 Å². The Hall–Kier alpha value is -4.47. The van der Waals surface area contributed by atoms with E-state index in [1.54, 1.807) is 18.2 Å². The number of nitrogens with one attached hydrogen (secondary N) is 3. The van der Waals surface area contributed by atoms with Crippen molar-refractivity contribution < 1.29 is 19.1 Å². The number of rotatable bonds is 10. The number of anilines is 3. The predicted octanol–water partition coefficient (Wildman–Crippen LogP) is 4.23. The van der Waals surface area contributed by atoms with E-state index in [-0.39, 0.29) is 5.91 Å². The lowest BCUT2D eigenvalue weighted by molar-refractivity contribution is -0.117. The summed E-state index contributed by atoms with van der Waals surface area (Å²) in [4.78, 5) is 40.4. The molecule has 1 aliphatic heterocycles. The molecule has 4 rings (SSSR count). The van der Waals surface area contributed by atoms with E-state index in [4.69, 9.17) is 4.74 Å². The number of benzene rings is 3. The molecule has 0 aliphatic carbocycles. The Morgan fingerprint density at radius 2 is 1.52 bits per heavy atom. The molecular weight excluding hydrogens is 506 g/mol. The van der Waals surface area contributed by atoms with Crippen LogP contribution in [0.4, 0.5) is 17.1 Å². The van der Waals surface area contributed by atoms with Crippen LogP contribution in [0.5, 0.6) is 0 Å². The maximum Gasteiger partial charge on any atom is 0.337 e. The first kappa shape index (κ1) is 28.5. The number of amides is 2. The largest absolute Gasteiger partial charge is 0.465 e. The fourth-order valence-corrected chi connectivity index (χ4v) is 4.61. The van der Waals surface area contributed by atoms with Crippen molar-refractivity contribution in [2.75, 3.05) is 62.8 Å². The molecule has 2 amide bonds. The van der Waals surface area contributed by atoms with Gasteiger partial charge in [-0.2, -0.15) is 0 Å². The molecule has 0 unspecified atom stereocenters. The van der Waals surface area contributed by atoms with Crippen LogP contribution in [-0.4, -0.2) is 75.0 Å². The first-order valence-electron chi connectivity index (χ1n) is 13.1. The van der Waals surface area contributed by atoms with Crippen LogP contribution in [0.2, 0.25) is 0 Å². The van der Waals surface area contributed by atoms with Gasteiger partial charge in [-0.25, -0.2) is 4.79 Å². The van der Waals surface area contributed by atoms with Crippen LogP contribution >= 0.6 is 0 Å². The number of hydrogen-bond donors (Lipinski definition) is 3. The number of carbonyl (C=O) groups is 3. The molecule has 0 atom stereocenters. The zero-order valence-electron chi connectivity index (χ0n) is 23.1. The van der Waals surface area contributed by atoms with E-state index in [1.807, 2.05) is 61.5 Å². The molecule has 208 valence electrons. The standard InChI is InChI=1S/C31H35N5O4/c1-22(27-14-9-24(31(39)40-3)19-28(27)32-21-37)30(23-7-5-4-6-8-23)34-26-12-10-25(11-13-26)33-29(38)20-36-17-15-35(2)16-18-36/h4-14,19,21,34H,15-18,20H2,1-3H3,(H,32,37)(H,33,38)/b30-22+. The fraction of sp³-hybridized carbons (Fsp3) is 0.258. The van der Waals surface area contributed by atoms with Gasteiger partial charge in [-0.1, -0.05) is 36.4 Å². The number of allylic oxidation sites excluding steroid dienone is 1. The summed E-state index contributed by atoms with van der Waals surface area (Å²) >= 11 is 0. The Bertz CT molecular complexity index is 1360. The quantitative estimate of drug-likeness (QED) is 0.201. The summed E-state index contributed by atoms with van der Waals surface area (Å²) in [5.41, 5.74) is 5.75. The minimum Gasteiger partial charge on any atom is -0.465 e. The Balaban J connectivity index is 1.56. The lowest BCUT2D eigenvalue weighted by atomic mass is 9.97. The predicted molar refractivity (Wildman–Crippen MR) is 159 cm³/mol. The third-order valence-electron chi connectivity index (χ3n) is 6.90. The second-order valence-electron chi connectivity index (χ2n) is 9.71. The van der Waals surface area contributed by atoms with Gasteiger partial charge in [-0.15, -0.1) is 0 Å². The van der Waals surface area contributed by atoms with Crippen molar-refractivity contribution >= 4 is 46.6 Å². The van der Waals surface area contributed by atoms with Crippen LogP contribution in [0.1, 0.15) is 28.4 Å². The van der Waals surface area contributed by atoms with Gasteiger partial charge in [0.1, 0.15) is 0 Å². The molecule has 0 aromatic heterocycles. The Morgan fingerprint density at radius 1 is 0.875 bits per heavy atom. The number of esters is 1. The maximum absolute atomic E-state index is 12.6. The molecule has 9 nitrogen and oxygen atoms in total. The molecule has 1 fully saturated rings. The summed E-state index contributed by atoms with van der Waals surface area (Å²) in [5, 5.41) is 9.20. The summed E-state index contributed by atoms with van der Waals surface area (Å²) in [6.45, 7) is 6.02. The zero-order chi connectivity index (χ0) is 28.5. The lowest BCUT2D eigenvalue weighted by Crippen LogP contribution is -2.47. The van der Waals surface area contributed by atoms with Gasteiger partial charge >= 0.3 is 5.97 Å². The van der Waals surface area contributed by atoms with E-state index < -0.39 is 5.97 Å². The Kier molecular flexibility index (Phi) is 9.66. The first-order valence-corrected chi connectivity index (χ1v) is 13.1. The molecule has 9 heteroatoms. The number of piperazine rings is 1. The van der Waals surface area contributed by atoms with Crippen molar-refractivity contribution in [1.29, 1.82) is 0 Å². The van der Waals surface area contributed by atoms with Crippen LogP contribution in [0.3, 0.4) is 0 Å². The number of nitrogens with zero attached hydrogens (tertiary/aromatic N) is 2. The highest BCUT2D eigenvalue weighted by Gasteiger charge is 2.17. The minimum absolute atomic E-state index is 0.0309. The first-order chi connectivity index (χ1) is 19.4. The van der Waals surface area contributed by atoms with Crippen LogP contribution in [0.15, 0.2) is 72.8 Å². The maximum atomic E-state index is 12.6. The SMILES string of the molecule is COC(=O)c1ccc(/C(C)=C(/Nc2ccc(NC(=O)CN3CCN(C)CC3)cc2)c2ccccc2)c(NC=O)c1. The van der Waals surface area contributed by atoms with Crippen molar-refractivity contribution in [3.05, 3.63) is 89.5 Å². The molecule has 3 aromatic carbocycles. The van der Waals surface area contributed by atoms with Crippen molar-refractivity contribution in [1.82, 2.24) is 9.80 Å². The molecule has 40 heavy (non-hydrogen) atoms. The summed E-state index contributed by atoms with van der Waals surface area (Å²) in [5.74, 6) is -0.518. The van der Waals surface area contributed by atoms with E-state index in [1.165, 1.54) is 7.11 Å². The second kappa shape index (κ2) is 13.5. The van der Waals surface area contributed by atoms with E-state index in [2.05, 4.69) is 32.8 Å². The molecule has 1 heterocycles. The van der Waals surface area contributed by atoms with Crippen LogP contribution in [-0.2, 0) is 14.3 Å². The molecule has 0 bridgehead atoms. The minimum atomic E-state index is -0.487. The molecular formula is C31H35N5O4. The Morgan fingerprint density at radius 3 is 2.15 bits per heavy atom. The number of hydrogen-bond acceptors (Lipinski definition) is 7. The van der Waals surface area contributed by atoms with Gasteiger partial charge in [-0.05, 0) is 61.5 Å². The summed E-state index contributed by atoms with van der Waals surface area (Å²) in [6.07, 6.45) is 0.583. The highest BCUT2D eigenvalue weighted by molar-refractivity contribution is 6.00. The van der Waals surface area contributed by atoms with Crippen molar-refractivity contribution in [3.8, 4) is 0 Å². The fourth-order valence-electron chi connectivity index (χ4n) is 4.61. The van der Waals surface area contributed by atoms with Crippen LogP contribution < -0.4 is 16.0 Å². The third kappa shape index (κ3) is 7.34. The number of likely N-dealkylation sites (N-methyl/N-ethyl adjacent to an activating group) is 1. The van der Waals surface area contributed by atoms with Gasteiger partial charge in [0.15, 0.2) is 0 Å². The van der Waals surface area contributed by atoms with E-state index >= 15 is 0 Å². The topological polar surface area (TPSA) is 103 Å². The van der Waals surface area contributed by atoms with Gasteiger partial charge in [-0.3, -0.25) is 14.5 Å². The molecule has 3 N–H and O–H groups in total. The van der Waals surface area contributed by atoms with Crippen molar-refractivity contribution in [3.63, 3.8) is 0 Å². The normalized spacial score (nSPS) is 14.6. The molecule has 3 aromatic rings. The second-order valence-corrected chi connectivity index (χ2v) is 9.71. The molecule has 1 saturated heterocycles. The van der Waals surface area contributed by atoms with E-state index in [9.17, 15) is 14.4 Å². The van der Waals surface area contributed by atoms with Gasteiger partial charge < -0.3 is 25.6 Å². The molecule has 0 radical (unpaired) electrons. The Labute approximate surface area is 234 Å². The highest BCUT2D eigenvalue weighted by atomic mass is 16.5. The average Bonchev–Trinajstić information content (AvgIpc) is 2.97. The lowest BCUT2D eigenvalue weighted by Gasteiger charge is -2.31. The van der Waals surface area contributed by atoms with Crippen LogP contribution in [0, 0.1) is 0 Å². The average molecular weight is 542 g/mol. The number of carbonyl (C=O) groups excluding carboxylic acids is 3. The monoisotopic (exact) mass is 541 g/mol. The van der Waals surface area contributed by atoms with Crippen molar-refractivity contribution in [2.45, 2.75) is 6.92 Å². The third-order valence-corrected chi connectivity index (χ3v) is 6.90. The van der Waals surface area contributed by atoms with E-state index in [0.717, 1.165) is 60.0 Å². The molecule has 0 spiro atoms.